The van der Waals surface area contributed by atoms with Gasteiger partial charge in [-0.25, -0.2) is 5.43 Å². The van der Waals surface area contributed by atoms with Gasteiger partial charge in [0.1, 0.15) is 6.29 Å². The molecular formula is C27H51N5. The quantitative estimate of drug-likeness (QED) is 0.499. The Morgan fingerprint density at radius 2 is 1.22 bits per heavy atom. The van der Waals surface area contributed by atoms with Gasteiger partial charge in [-0.3, -0.25) is 15.6 Å². The topological polar surface area (TPSA) is 51.4 Å². The van der Waals surface area contributed by atoms with E-state index in [1.165, 1.54) is 109 Å². The maximum Gasteiger partial charge on any atom is 0.128 e. The summed E-state index contributed by atoms with van der Waals surface area (Å²) in [5, 5.41) is 8.25. The first-order chi connectivity index (χ1) is 15.8. The van der Waals surface area contributed by atoms with Crippen LogP contribution in [0.1, 0.15) is 116 Å². The largest absolute Gasteiger partial charge is 0.301 e. The molecule has 2 aliphatic heterocycles. The highest BCUT2D eigenvalue weighted by atomic mass is 15.6. The maximum atomic E-state index is 4.17. The van der Waals surface area contributed by atoms with Crippen molar-refractivity contribution in [2.45, 2.75) is 147 Å². The molecular weight excluding hydrogens is 394 g/mol. The lowest BCUT2D eigenvalue weighted by Crippen LogP contribution is -2.58. The van der Waals surface area contributed by atoms with Gasteiger partial charge < -0.3 is 5.32 Å². The number of nitrogens with one attached hydrogen (secondary N) is 4. The third kappa shape index (κ3) is 5.38. The molecule has 32 heavy (non-hydrogen) atoms. The van der Waals surface area contributed by atoms with Gasteiger partial charge in [-0.2, -0.15) is 0 Å². The average molecular weight is 446 g/mol. The molecule has 0 spiro atoms. The van der Waals surface area contributed by atoms with Crippen molar-refractivity contribution in [3.05, 3.63) is 0 Å². The second-order valence-electron chi connectivity index (χ2n) is 11.9. The van der Waals surface area contributed by atoms with Crippen LogP contribution in [0.3, 0.4) is 0 Å². The Bertz CT molecular complexity index is 552. The van der Waals surface area contributed by atoms with Crippen LogP contribution in [-0.4, -0.2) is 42.0 Å². The lowest BCUT2D eigenvalue weighted by molar-refractivity contribution is 0.118. The highest BCUT2D eigenvalue weighted by Crippen LogP contribution is 2.36. The standard InChI is InChI=1S/C27H51N5/c1-2-25-26(22-16-10-5-11-17-22)29-27-31-30-24(21-14-8-4-9-15-21)18-23(28-19-32(25)27)20-12-6-3-7-13-20/h20-31H,2-19H2,1H3. The Morgan fingerprint density at radius 3 is 1.81 bits per heavy atom. The number of fused-ring (bicyclic) bond motifs is 1. The average Bonchev–Trinajstić information content (AvgIpc) is 3.25. The second kappa shape index (κ2) is 11.5. The van der Waals surface area contributed by atoms with Crippen LogP contribution in [0, 0.1) is 17.8 Å². The molecule has 0 amide bonds. The van der Waals surface area contributed by atoms with E-state index in [2.05, 4.69) is 33.3 Å². The highest BCUT2D eigenvalue weighted by molar-refractivity contribution is 4.99. The summed E-state index contributed by atoms with van der Waals surface area (Å²) in [6, 6.07) is 2.55. The second-order valence-corrected chi connectivity index (χ2v) is 11.9. The van der Waals surface area contributed by atoms with Crippen molar-refractivity contribution >= 4 is 0 Å². The molecule has 0 aromatic carbocycles. The van der Waals surface area contributed by atoms with E-state index >= 15 is 0 Å². The first-order valence-electron chi connectivity index (χ1n) is 14.6. The highest BCUT2D eigenvalue weighted by Gasteiger charge is 2.44. The Balaban J connectivity index is 1.33. The number of hydrogen-bond acceptors (Lipinski definition) is 5. The van der Waals surface area contributed by atoms with Gasteiger partial charge in [-0.05, 0) is 69.1 Å². The van der Waals surface area contributed by atoms with Crippen molar-refractivity contribution in [2.24, 2.45) is 17.8 Å². The van der Waals surface area contributed by atoms with Crippen molar-refractivity contribution in [1.29, 1.82) is 0 Å². The molecule has 0 aromatic rings. The van der Waals surface area contributed by atoms with Gasteiger partial charge in [0.25, 0.3) is 0 Å². The van der Waals surface area contributed by atoms with Crippen molar-refractivity contribution < 1.29 is 0 Å². The number of hydrogen-bond donors (Lipinski definition) is 4. The van der Waals surface area contributed by atoms with Crippen LogP contribution in [-0.2, 0) is 0 Å². The van der Waals surface area contributed by atoms with Gasteiger partial charge in [0.2, 0.25) is 0 Å². The van der Waals surface area contributed by atoms with Crippen LogP contribution >= 0.6 is 0 Å². The van der Waals surface area contributed by atoms with E-state index in [1.54, 1.807) is 0 Å². The lowest BCUT2D eigenvalue weighted by Gasteiger charge is -2.38. The molecule has 5 fully saturated rings. The molecule has 5 nitrogen and oxygen atoms in total. The van der Waals surface area contributed by atoms with E-state index in [1.807, 2.05) is 0 Å². The molecule has 2 saturated heterocycles. The summed E-state index contributed by atoms with van der Waals surface area (Å²) in [4.78, 5) is 2.74. The third-order valence-electron chi connectivity index (χ3n) is 9.99. The first kappa shape index (κ1) is 23.5. The summed E-state index contributed by atoms with van der Waals surface area (Å²) in [6.45, 7) is 3.45. The molecule has 2 heterocycles. The Morgan fingerprint density at radius 1 is 0.656 bits per heavy atom. The van der Waals surface area contributed by atoms with Gasteiger partial charge >= 0.3 is 0 Å². The zero-order valence-corrected chi connectivity index (χ0v) is 20.8. The molecule has 4 N–H and O–H groups in total. The molecule has 3 saturated carbocycles. The molecule has 5 rings (SSSR count). The van der Waals surface area contributed by atoms with Gasteiger partial charge in [0, 0.05) is 24.2 Å². The molecule has 5 aliphatic rings. The van der Waals surface area contributed by atoms with E-state index < -0.39 is 0 Å². The van der Waals surface area contributed by atoms with Crippen LogP contribution in [0.5, 0.6) is 0 Å². The first-order valence-corrected chi connectivity index (χ1v) is 14.6. The normalized spacial score (nSPS) is 39.8. The third-order valence-corrected chi connectivity index (χ3v) is 9.99. The summed E-state index contributed by atoms with van der Waals surface area (Å²) in [5.41, 5.74) is 7.80. The molecule has 5 heteroatoms. The number of nitrogens with zero attached hydrogens (tertiary/aromatic N) is 1. The Labute approximate surface area is 197 Å². The van der Waals surface area contributed by atoms with E-state index in [0.717, 1.165) is 24.4 Å². The monoisotopic (exact) mass is 445 g/mol. The zero-order valence-electron chi connectivity index (χ0n) is 20.8. The van der Waals surface area contributed by atoms with Crippen LogP contribution < -0.4 is 21.5 Å². The van der Waals surface area contributed by atoms with Crippen molar-refractivity contribution in [2.75, 3.05) is 6.67 Å². The summed E-state index contributed by atoms with van der Waals surface area (Å²) in [6.07, 6.45) is 24.3. The summed E-state index contributed by atoms with van der Waals surface area (Å²) in [5.74, 6) is 2.57. The Kier molecular flexibility index (Phi) is 8.45. The predicted octanol–water partition coefficient (Wildman–Crippen LogP) is 4.85. The van der Waals surface area contributed by atoms with E-state index in [9.17, 15) is 0 Å². The fraction of sp³-hybridized carbons (Fsp3) is 1.00. The minimum absolute atomic E-state index is 0.260. The number of rotatable bonds is 4. The molecule has 5 unspecified atom stereocenters. The molecule has 5 atom stereocenters. The van der Waals surface area contributed by atoms with E-state index in [4.69, 9.17) is 0 Å². The molecule has 3 aliphatic carbocycles. The number of hydrazine groups is 1. The van der Waals surface area contributed by atoms with Crippen LogP contribution in [0.2, 0.25) is 0 Å². The SMILES string of the molecule is CCC1C(C2CCCCC2)NC2NNC(C3CCCCC3)CC(C3CCCCC3)NCN21. The lowest BCUT2D eigenvalue weighted by atomic mass is 9.77. The van der Waals surface area contributed by atoms with Gasteiger partial charge in [-0.15, -0.1) is 0 Å². The molecule has 0 radical (unpaired) electrons. The van der Waals surface area contributed by atoms with Crippen molar-refractivity contribution in [3.8, 4) is 0 Å². The minimum atomic E-state index is 0.260. The van der Waals surface area contributed by atoms with Crippen molar-refractivity contribution in [1.82, 2.24) is 26.4 Å². The zero-order chi connectivity index (χ0) is 21.8. The Hall–Kier alpha value is -0.200. The van der Waals surface area contributed by atoms with Gasteiger partial charge in [-0.1, -0.05) is 64.7 Å². The predicted molar refractivity (Wildman–Crippen MR) is 133 cm³/mol. The van der Waals surface area contributed by atoms with Gasteiger partial charge in [0.05, 0.1) is 6.67 Å². The summed E-state index contributed by atoms with van der Waals surface area (Å²) >= 11 is 0. The molecule has 0 bridgehead atoms. The minimum Gasteiger partial charge on any atom is -0.301 e. The molecule has 184 valence electrons. The summed E-state index contributed by atoms with van der Waals surface area (Å²) < 4.78 is 0. The fourth-order valence-electron chi connectivity index (χ4n) is 8.12. The van der Waals surface area contributed by atoms with E-state index in [-0.39, 0.29) is 6.29 Å². The van der Waals surface area contributed by atoms with Crippen molar-refractivity contribution in [3.63, 3.8) is 0 Å². The van der Waals surface area contributed by atoms with Gasteiger partial charge in [0.15, 0.2) is 0 Å². The van der Waals surface area contributed by atoms with Crippen LogP contribution in [0.25, 0.3) is 0 Å². The van der Waals surface area contributed by atoms with E-state index in [0.29, 0.717) is 24.2 Å². The molecule has 0 aromatic heterocycles. The van der Waals surface area contributed by atoms with Crippen LogP contribution in [0.4, 0.5) is 0 Å². The summed E-state index contributed by atoms with van der Waals surface area (Å²) in [7, 11) is 0. The smallest absolute Gasteiger partial charge is 0.128 e. The maximum absolute atomic E-state index is 4.17. The van der Waals surface area contributed by atoms with Crippen LogP contribution in [0.15, 0.2) is 0 Å². The fourth-order valence-corrected chi connectivity index (χ4v) is 8.12.